The SMILES string of the molecule is CC(NC(=O)c1ccc2cccc(N3CCN(C)CC3)c2c1)c1ccc(Cl)cc1. The van der Waals surface area contributed by atoms with Crippen molar-refractivity contribution in [2.75, 3.05) is 38.1 Å². The molecule has 5 heteroatoms. The molecule has 1 amide bonds. The van der Waals surface area contributed by atoms with Crippen molar-refractivity contribution in [3.8, 4) is 0 Å². The topological polar surface area (TPSA) is 35.6 Å². The third-order valence-electron chi connectivity index (χ3n) is 5.68. The van der Waals surface area contributed by atoms with E-state index < -0.39 is 0 Å². The first kappa shape index (κ1) is 19.7. The van der Waals surface area contributed by atoms with Crippen molar-refractivity contribution in [3.05, 3.63) is 76.8 Å². The van der Waals surface area contributed by atoms with E-state index in [1.807, 2.05) is 49.4 Å². The Morgan fingerprint density at radius 2 is 1.72 bits per heavy atom. The Labute approximate surface area is 177 Å². The van der Waals surface area contributed by atoms with Gasteiger partial charge < -0.3 is 15.1 Å². The summed E-state index contributed by atoms with van der Waals surface area (Å²) in [5.41, 5.74) is 2.91. The number of fused-ring (bicyclic) bond motifs is 1. The molecule has 1 fully saturated rings. The summed E-state index contributed by atoms with van der Waals surface area (Å²) in [6.45, 7) is 6.08. The van der Waals surface area contributed by atoms with E-state index in [1.165, 1.54) is 5.69 Å². The van der Waals surface area contributed by atoms with Crippen molar-refractivity contribution in [1.82, 2.24) is 10.2 Å². The van der Waals surface area contributed by atoms with E-state index in [4.69, 9.17) is 11.6 Å². The standard InChI is InChI=1S/C24H26ClN3O/c1-17(18-8-10-21(25)11-9-18)26-24(29)20-7-6-19-4-3-5-23(22(19)16-20)28-14-12-27(2)13-15-28/h3-11,16-17H,12-15H2,1-2H3,(H,26,29). The average molecular weight is 408 g/mol. The Bertz CT molecular complexity index is 1010. The molecule has 1 aliphatic heterocycles. The summed E-state index contributed by atoms with van der Waals surface area (Å²) in [4.78, 5) is 17.7. The van der Waals surface area contributed by atoms with Crippen LogP contribution in [0.4, 0.5) is 5.69 Å². The van der Waals surface area contributed by atoms with Crippen molar-refractivity contribution in [3.63, 3.8) is 0 Å². The Balaban J connectivity index is 1.58. The minimum absolute atomic E-state index is 0.0671. The lowest BCUT2D eigenvalue weighted by Gasteiger charge is -2.34. The normalized spacial score (nSPS) is 16.0. The van der Waals surface area contributed by atoms with Crippen LogP contribution in [0.2, 0.25) is 5.02 Å². The van der Waals surface area contributed by atoms with Crippen LogP contribution in [0.15, 0.2) is 60.7 Å². The van der Waals surface area contributed by atoms with Crippen LogP contribution in [0, 0.1) is 0 Å². The van der Waals surface area contributed by atoms with Gasteiger partial charge in [0.2, 0.25) is 0 Å². The minimum Gasteiger partial charge on any atom is -0.368 e. The van der Waals surface area contributed by atoms with Crippen LogP contribution in [0.25, 0.3) is 10.8 Å². The fourth-order valence-corrected chi connectivity index (χ4v) is 3.96. The Morgan fingerprint density at radius 1 is 1.00 bits per heavy atom. The van der Waals surface area contributed by atoms with Crippen LogP contribution in [0.3, 0.4) is 0 Å². The first-order valence-electron chi connectivity index (χ1n) is 10.0. The molecule has 1 saturated heterocycles. The quantitative estimate of drug-likeness (QED) is 0.678. The third-order valence-corrected chi connectivity index (χ3v) is 5.93. The molecule has 0 radical (unpaired) electrons. The minimum atomic E-state index is -0.0941. The highest BCUT2D eigenvalue weighted by molar-refractivity contribution is 6.30. The number of piperazine rings is 1. The second kappa shape index (κ2) is 8.44. The monoisotopic (exact) mass is 407 g/mol. The highest BCUT2D eigenvalue weighted by Gasteiger charge is 2.18. The van der Waals surface area contributed by atoms with Crippen LogP contribution in [-0.4, -0.2) is 44.0 Å². The molecule has 1 N–H and O–H groups in total. The van der Waals surface area contributed by atoms with E-state index in [0.717, 1.165) is 42.5 Å². The van der Waals surface area contributed by atoms with E-state index in [-0.39, 0.29) is 11.9 Å². The van der Waals surface area contributed by atoms with Crippen LogP contribution >= 0.6 is 11.6 Å². The van der Waals surface area contributed by atoms with Gasteiger partial charge in [-0.25, -0.2) is 0 Å². The molecule has 4 nitrogen and oxygen atoms in total. The number of amides is 1. The maximum absolute atomic E-state index is 12.9. The molecular weight excluding hydrogens is 382 g/mol. The highest BCUT2D eigenvalue weighted by Crippen LogP contribution is 2.29. The van der Waals surface area contributed by atoms with E-state index in [0.29, 0.717) is 10.6 Å². The van der Waals surface area contributed by atoms with Gasteiger partial charge in [0, 0.05) is 47.8 Å². The Morgan fingerprint density at radius 3 is 2.45 bits per heavy atom. The predicted octanol–water partition coefficient (Wildman–Crippen LogP) is 4.74. The second-order valence-electron chi connectivity index (χ2n) is 7.75. The number of nitrogens with one attached hydrogen (secondary N) is 1. The lowest BCUT2D eigenvalue weighted by atomic mass is 10.0. The molecule has 1 unspecified atom stereocenters. The van der Waals surface area contributed by atoms with Gasteiger partial charge in [-0.2, -0.15) is 0 Å². The molecule has 1 heterocycles. The summed E-state index contributed by atoms with van der Waals surface area (Å²) >= 11 is 5.97. The molecule has 0 bridgehead atoms. The van der Waals surface area contributed by atoms with E-state index in [2.05, 4.69) is 40.4 Å². The number of halogens is 1. The molecule has 3 aromatic carbocycles. The van der Waals surface area contributed by atoms with Crippen LogP contribution < -0.4 is 10.2 Å². The van der Waals surface area contributed by atoms with Gasteiger partial charge in [-0.1, -0.05) is 41.9 Å². The van der Waals surface area contributed by atoms with Gasteiger partial charge in [-0.15, -0.1) is 0 Å². The van der Waals surface area contributed by atoms with E-state index in [1.54, 1.807) is 0 Å². The predicted molar refractivity (Wildman–Crippen MR) is 121 cm³/mol. The maximum Gasteiger partial charge on any atom is 0.251 e. The number of likely N-dealkylation sites (N-methyl/N-ethyl adjacent to an activating group) is 1. The molecule has 0 spiro atoms. The lowest BCUT2D eigenvalue weighted by molar-refractivity contribution is 0.0940. The summed E-state index contributed by atoms with van der Waals surface area (Å²) in [5.74, 6) is -0.0671. The largest absolute Gasteiger partial charge is 0.368 e. The van der Waals surface area contributed by atoms with Gasteiger partial charge in [-0.05, 0) is 55.3 Å². The van der Waals surface area contributed by atoms with E-state index in [9.17, 15) is 4.79 Å². The number of carbonyl (C=O) groups excluding carboxylic acids is 1. The number of hydrogen-bond donors (Lipinski definition) is 1. The Kier molecular flexibility index (Phi) is 5.74. The second-order valence-corrected chi connectivity index (χ2v) is 8.19. The first-order chi connectivity index (χ1) is 14.0. The smallest absolute Gasteiger partial charge is 0.251 e. The van der Waals surface area contributed by atoms with Gasteiger partial charge in [-0.3, -0.25) is 4.79 Å². The van der Waals surface area contributed by atoms with Crippen molar-refractivity contribution < 1.29 is 4.79 Å². The van der Waals surface area contributed by atoms with Crippen molar-refractivity contribution >= 4 is 34.0 Å². The molecule has 4 rings (SSSR count). The summed E-state index contributed by atoms with van der Waals surface area (Å²) in [6.07, 6.45) is 0. The van der Waals surface area contributed by atoms with E-state index >= 15 is 0 Å². The van der Waals surface area contributed by atoms with Gasteiger partial charge in [0.25, 0.3) is 5.91 Å². The molecule has 150 valence electrons. The molecule has 1 aliphatic rings. The van der Waals surface area contributed by atoms with Crippen molar-refractivity contribution in [1.29, 1.82) is 0 Å². The molecule has 1 atom stereocenters. The Hall–Kier alpha value is -2.56. The maximum atomic E-state index is 12.9. The van der Waals surface area contributed by atoms with Crippen molar-refractivity contribution in [2.24, 2.45) is 0 Å². The highest BCUT2D eigenvalue weighted by atomic mass is 35.5. The summed E-state index contributed by atoms with van der Waals surface area (Å²) in [7, 11) is 2.16. The number of nitrogens with zero attached hydrogens (tertiary/aromatic N) is 2. The van der Waals surface area contributed by atoms with Crippen LogP contribution in [0.1, 0.15) is 28.9 Å². The van der Waals surface area contributed by atoms with Gasteiger partial charge >= 0.3 is 0 Å². The number of rotatable bonds is 4. The van der Waals surface area contributed by atoms with Gasteiger partial charge in [0.05, 0.1) is 6.04 Å². The molecule has 0 aliphatic carbocycles. The molecule has 29 heavy (non-hydrogen) atoms. The first-order valence-corrected chi connectivity index (χ1v) is 10.4. The molecule has 3 aromatic rings. The lowest BCUT2D eigenvalue weighted by Crippen LogP contribution is -2.44. The van der Waals surface area contributed by atoms with Crippen LogP contribution in [0.5, 0.6) is 0 Å². The fourth-order valence-electron chi connectivity index (χ4n) is 3.84. The van der Waals surface area contributed by atoms with Gasteiger partial charge in [0.15, 0.2) is 0 Å². The zero-order chi connectivity index (χ0) is 20.4. The fraction of sp³-hybridized carbons (Fsp3) is 0.292. The summed E-state index contributed by atoms with van der Waals surface area (Å²) in [5, 5.41) is 6.08. The summed E-state index contributed by atoms with van der Waals surface area (Å²) in [6, 6.07) is 19.8. The zero-order valence-electron chi connectivity index (χ0n) is 16.9. The summed E-state index contributed by atoms with van der Waals surface area (Å²) < 4.78 is 0. The molecule has 0 saturated carbocycles. The number of anilines is 1. The third kappa shape index (κ3) is 4.39. The average Bonchev–Trinajstić information content (AvgIpc) is 2.74. The van der Waals surface area contributed by atoms with Gasteiger partial charge in [0.1, 0.15) is 0 Å². The number of carbonyl (C=O) groups is 1. The molecular formula is C24H26ClN3O. The zero-order valence-corrected chi connectivity index (χ0v) is 17.6. The number of benzene rings is 3. The van der Waals surface area contributed by atoms with Crippen molar-refractivity contribution in [2.45, 2.75) is 13.0 Å². The van der Waals surface area contributed by atoms with Crippen LogP contribution in [-0.2, 0) is 0 Å². The number of hydrogen-bond acceptors (Lipinski definition) is 3. The molecule has 0 aromatic heterocycles.